The molecule has 0 spiro atoms. The monoisotopic (exact) mass is 294 g/mol. The van der Waals surface area contributed by atoms with Crippen LogP contribution in [0.5, 0.6) is 0 Å². The summed E-state index contributed by atoms with van der Waals surface area (Å²) in [4.78, 5) is 21.7. The van der Waals surface area contributed by atoms with Gasteiger partial charge in [0.05, 0.1) is 13.1 Å². The van der Waals surface area contributed by atoms with Gasteiger partial charge in [-0.05, 0) is 19.4 Å². The molecule has 0 radical (unpaired) electrons. The molecule has 0 saturated carbocycles. The molecule has 1 amide bonds. The highest BCUT2D eigenvalue weighted by Gasteiger charge is 2.12. The number of imidazole rings is 1. The van der Waals surface area contributed by atoms with Gasteiger partial charge in [-0.2, -0.15) is 0 Å². The number of aliphatic carboxylic acids is 1. The van der Waals surface area contributed by atoms with Gasteiger partial charge in [0.2, 0.25) is 5.91 Å². The Morgan fingerprint density at radius 1 is 1.43 bits per heavy atom. The van der Waals surface area contributed by atoms with Crippen molar-refractivity contribution in [2.45, 2.75) is 46.2 Å². The summed E-state index contributed by atoms with van der Waals surface area (Å²) in [6, 6.07) is 0. The van der Waals surface area contributed by atoms with Gasteiger partial charge < -0.3 is 10.4 Å². The van der Waals surface area contributed by atoms with Crippen molar-refractivity contribution in [2.24, 2.45) is 0 Å². The van der Waals surface area contributed by atoms with Crippen LogP contribution in [0.3, 0.4) is 0 Å². The maximum absolute atomic E-state index is 11.2. The SMILES string of the molecule is CC=CC(=O)NCCC[n+]1ccn(CCCC(=O)O)c1C. The van der Waals surface area contributed by atoms with E-state index in [9.17, 15) is 9.59 Å². The van der Waals surface area contributed by atoms with E-state index >= 15 is 0 Å². The minimum Gasteiger partial charge on any atom is -0.481 e. The Bertz CT molecular complexity index is 506. The first kappa shape index (κ1) is 16.9. The second kappa shape index (κ2) is 8.94. The fraction of sp³-hybridized carbons (Fsp3) is 0.533. The molecular weight excluding hydrogens is 270 g/mol. The highest BCUT2D eigenvalue weighted by Crippen LogP contribution is 1.99. The van der Waals surface area contributed by atoms with E-state index in [1.54, 1.807) is 6.08 Å². The summed E-state index contributed by atoms with van der Waals surface area (Å²) in [5.41, 5.74) is 0. The summed E-state index contributed by atoms with van der Waals surface area (Å²) >= 11 is 0. The third-order valence-electron chi connectivity index (χ3n) is 3.24. The number of carboxylic acid groups (broad SMARTS) is 1. The lowest BCUT2D eigenvalue weighted by atomic mass is 10.3. The fourth-order valence-electron chi connectivity index (χ4n) is 2.09. The number of rotatable bonds is 9. The van der Waals surface area contributed by atoms with E-state index in [1.807, 2.05) is 26.2 Å². The number of carboxylic acids is 1. The molecule has 0 aliphatic heterocycles. The Morgan fingerprint density at radius 3 is 2.86 bits per heavy atom. The lowest BCUT2D eigenvalue weighted by molar-refractivity contribution is -0.702. The van der Waals surface area contributed by atoms with Crippen molar-refractivity contribution in [3.8, 4) is 0 Å². The zero-order chi connectivity index (χ0) is 15.7. The Morgan fingerprint density at radius 2 is 2.19 bits per heavy atom. The zero-order valence-electron chi connectivity index (χ0n) is 12.7. The zero-order valence-corrected chi connectivity index (χ0v) is 12.7. The smallest absolute Gasteiger partial charge is 0.303 e. The molecule has 6 heteroatoms. The van der Waals surface area contributed by atoms with Crippen molar-refractivity contribution in [3.63, 3.8) is 0 Å². The highest BCUT2D eigenvalue weighted by molar-refractivity contribution is 5.87. The number of amides is 1. The number of hydrogen-bond donors (Lipinski definition) is 2. The van der Waals surface area contributed by atoms with Crippen LogP contribution in [0.25, 0.3) is 0 Å². The van der Waals surface area contributed by atoms with E-state index in [2.05, 4.69) is 14.5 Å². The van der Waals surface area contributed by atoms with Gasteiger partial charge >= 0.3 is 5.97 Å². The Labute approximate surface area is 125 Å². The first-order valence-corrected chi connectivity index (χ1v) is 7.22. The average molecular weight is 294 g/mol. The maximum Gasteiger partial charge on any atom is 0.303 e. The number of allylic oxidation sites excluding steroid dienone is 1. The summed E-state index contributed by atoms with van der Waals surface area (Å²) in [6.45, 7) is 6.00. The first-order chi connectivity index (χ1) is 10.0. The third-order valence-corrected chi connectivity index (χ3v) is 3.24. The van der Waals surface area contributed by atoms with Gasteiger partial charge in [-0.3, -0.25) is 9.59 Å². The molecule has 0 atom stereocenters. The normalized spacial score (nSPS) is 11.0. The van der Waals surface area contributed by atoms with E-state index in [1.165, 1.54) is 6.08 Å². The molecule has 21 heavy (non-hydrogen) atoms. The van der Waals surface area contributed by atoms with Crippen LogP contribution in [0.1, 0.15) is 32.0 Å². The first-order valence-electron chi connectivity index (χ1n) is 7.22. The summed E-state index contributed by atoms with van der Waals surface area (Å²) in [5.74, 6) is 0.273. The quantitative estimate of drug-likeness (QED) is 0.406. The maximum atomic E-state index is 11.2. The van der Waals surface area contributed by atoms with Crippen LogP contribution in [0.4, 0.5) is 0 Å². The molecule has 0 aromatic carbocycles. The number of nitrogens with one attached hydrogen (secondary N) is 1. The highest BCUT2D eigenvalue weighted by atomic mass is 16.4. The molecule has 1 heterocycles. The molecule has 0 aliphatic carbocycles. The van der Waals surface area contributed by atoms with Gasteiger partial charge in [-0.1, -0.05) is 6.08 Å². The third kappa shape index (κ3) is 6.25. The molecule has 0 fully saturated rings. The van der Waals surface area contributed by atoms with Crippen molar-refractivity contribution in [1.29, 1.82) is 0 Å². The number of aryl methyl sites for hydroxylation is 2. The molecule has 1 aromatic heterocycles. The van der Waals surface area contributed by atoms with Crippen LogP contribution < -0.4 is 9.88 Å². The largest absolute Gasteiger partial charge is 0.481 e. The second-order valence-electron chi connectivity index (χ2n) is 4.87. The van der Waals surface area contributed by atoms with E-state index in [4.69, 9.17) is 5.11 Å². The Hall–Kier alpha value is -2.11. The fourth-order valence-corrected chi connectivity index (χ4v) is 2.09. The molecule has 0 saturated heterocycles. The van der Waals surface area contributed by atoms with E-state index in [0.29, 0.717) is 19.5 Å². The molecule has 0 aliphatic rings. The standard InChI is InChI=1S/C15H23N3O3/c1-3-6-14(19)16-8-5-10-18-12-11-17(13(18)2)9-4-7-15(20)21/h3,6,11-12H,4-5,7-10H2,1-2H3,(H-,16,19,20,21)/p+1. The molecule has 2 N–H and O–H groups in total. The number of aromatic nitrogens is 2. The van der Waals surface area contributed by atoms with Crippen molar-refractivity contribution in [2.75, 3.05) is 6.54 Å². The lowest BCUT2D eigenvalue weighted by Gasteiger charge is -2.02. The molecule has 116 valence electrons. The van der Waals surface area contributed by atoms with Crippen molar-refractivity contribution >= 4 is 11.9 Å². The van der Waals surface area contributed by atoms with Gasteiger partial charge in [0.1, 0.15) is 12.4 Å². The van der Waals surface area contributed by atoms with Gasteiger partial charge in [0.25, 0.3) is 5.82 Å². The number of carbonyl (C=O) groups excluding carboxylic acids is 1. The molecule has 6 nitrogen and oxygen atoms in total. The summed E-state index contributed by atoms with van der Waals surface area (Å²) in [6.07, 6.45) is 8.86. The van der Waals surface area contributed by atoms with E-state index in [-0.39, 0.29) is 12.3 Å². The van der Waals surface area contributed by atoms with Gasteiger partial charge in [-0.25, -0.2) is 9.13 Å². The van der Waals surface area contributed by atoms with Crippen molar-refractivity contribution in [3.05, 3.63) is 30.4 Å². The second-order valence-corrected chi connectivity index (χ2v) is 4.87. The Balaban J connectivity index is 2.34. The molecule has 0 bridgehead atoms. The van der Waals surface area contributed by atoms with E-state index in [0.717, 1.165) is 18.8 Å². The van der Waals surface area contributed by atoms with Crippen LogP contribution >= 0.6 is 0 Å². The van der Waals surface area contributed by atoms with Crippen molar-refractivity contribution in [1.82, 2.24) is 9.88 Å². The minimum absolute atomic E-state index is 0.0644. The van der Waals surface area contributed by atoms with Crippen molar-refractivity contribution < 1.29 is 19.3 Å². The Kier molecular flexibility index (Phi) is 7.21. The number of hydrogen-bond acceptors (Lipinski definition) is 2. The average Bonchev–Trinajstić information content (AvgIpc) is 2.76. The van der Waals surface area contributed by atoms with Crippen LogP contribution in [-0.4, -0.2) is 28.1 Å². The summed E-state index contributed by atoms with van der Waals surface area (Å²) < 4.78 is 4.17. The minimum atomic E-state index is -0.760. The summed E-state index contributed by atoms with van der Waals surface area (Å²) in [5, 5.41) is 11.5. The summed E-state index contributed by atoms with van der Waals surface area (Å²) in [7, 11) is 0. The van der Waals surface area contributed by atoms with Crippen LogP contribution in [-0.2, 0) is 22.7 Å². The van der Waals surface area contributed by atoms with Crippen LogP contribution in [0.15, 0.2) is 24.5 Å². The van der Waals surface area contributed by atoms with Crippen LogP contribution in [0.2, 0.25) is 0 Å². The molecule has 1 rings (SSSR count). The van der Waals surface area contributed by atoms with Gasteiger partial charge in [-0.15, -0.1) is 0 Å². The predicted octanol–water partition coefficient (Wildman–Crippen LogP) is 1.03. The number of carbonyl (C=O) groups is 2. The number of nitrogens with zero attached hydrogens (tertiary/aromatic N) is 2. The van der Waals surface area contributed by atoms with Crippen LogP contribution in [0, 0.1) is 6.92 Å². The molecular formula is C15H24N3O3+. The lowest BCUT2D eigenvalue weighted by Crippen LogP contribution is -2.37. The predicted molar refractivity (Wildman–Crippen MR) is 78.7 cm³/mol. The van der Waals surface area contributed by atoms with Gasteiger partial charge in [0.15, 0.2) is 0 Å². The topological polar surface area (TPSA) is 75.2 Å². The van der Waals surface area contributed by atoms with Gasteiger partial charge in [0, 0.05) is 26.3 Å². The molecule has 0 unspecified atom stereocenters. The molecule has 1 aromatic rings. The van der Waals surface area contributed by atoms with E-state index < -0.39 is 5.97 Å².